The molecule has 0 bridgehead atoms. The fraction of sp³-hybridized carbons (Fsp3) is 0.333. The molecule has 10 heteroatoms. The van der Waals surface area contributed by atoms with E-state index in [1.807, 2.05) is 6.07 Å². The van der Waals surface area contributed by atoms with Gasteiger partial charge in [0.2, 0.25) is 11.8 Å². The smallest absolute Gasteiger partial charge is 0.255 e. The molecule has 3 aliphatic rings. The minimum absolute atomic E-state index is 0.107. The number of imide groups is 1. The Balaban J connectivity index is 1.10. The van der Waals surface area contributed by atoms with E-state index in [4.69, 9.17) is 4.74 Å². The van der Waals surface area contributed by atoms with Crippen LogP contribution < -0.4 is 10.1 Å². The molecule has 2 fully saturated rings. The topological polar surface area (TPSA) is 91.8 Å². The number of halogens is 2. The molecular formula is C27H24F2N4O4. The zero-order chi connectivity index (χ0) is 25.7. The van der Waals surface area contributed by atoms with Gasteiger partial charge < -0.3 is 9.64 Å². The van der Waals surface area contributed by atoms with Crippen molar-refractivity contribution in [2.45, 2.75) is 44.5 Å². The highest BCUT2D eigenvalue weighted by molar-refractivity contribution is 6.05. The molecule has 8 nitrogen and oxygen atoms in total. The summed E-state index contributed by atoms with van der Waals surface area (Å²) in [5.41, 5.74) is 2.20. The summed E-state index contributed by atoms with van der Waals surface area (Å²) in [7, 11) is 0. The maximum atomic E-state index is 15.0. The molecule has 3 aromatic rings. The van der Waals surface area contributed by atoms with E-state index >= 15 is 0 Å². The van der Waals surface area contributed by atoms with E-state index in [-0.39, 0.29) is 36.3 Å². The van der Waals surface area contributed by atoms with Crippen LogP contribution in [0, 0.1) is 11.6 Å². The molecule has 4 heterocycles. The maximum Gasteiger partial charge on any atom is 0.255 e. The molecule has 1 unspecified atom stereocenters. The first-order chi connectivity index (χ1) is 17.9. The summed E-state index contributed by atoms with van der Waals surface area (Å²) in [6.07, 6.45) is 2.24. The summed E-state index contributed by atoms with van der Waals surface area (Å²) in [6.45, 7) is 1.97. The number of aromatic nitrogens is 1. The van der Waals surface area contributed by atoms with E-state index in [1.165, 1.54) is 4.90 Å². The van der Waals surface area contributed by atoms with Crippen LogP contribution in [-0.2, 0) is 22.7 Å². The highest BCUT2D eigenvalue weighted by Crippen LogP contribution is 2.31. The summed E-state index contributed by atoms with van der Waals surface area (Å²) in [5.74, 6) is -1.39. The first-order valence-corrected chi connectivity index (χ1v) is 12.2. The average Bonchev–Trinajstić information content (AvgIpc) is 3.44. The zero-order valence-electron chi connectivity index (χ0n) is 19.9. The molecule has 1 aromatic heterocycles. The van der Waals surface area contributed by atoms with Crippen LogP contribution in [0.5, 0.6) is 5.75 Å². The summed E-state index contributed by atoms with van der Waals surface area (Å²) in [6, 6.07) is 9.17. The molecule has 1 N–H and O–H groups in total. The van der Waals surface area contributed by atoms with Crippen molar-refractivity contribution in [1.29, 1.82) is 0 Å². The molecule has 2 saturated heterocycles. The summed E-state index contributed by atoms with van der Waals surface area (Å²) < 4.78 is 34.7. The van der Waals surface area contributed by atoms with Gasteiger partial charge in [0.05, 0.1) is 11.7 Å². The lowest BCUT2D eigenvalue weighted by Crippen LogP contribution is -2.52. The normalized spacial score (nSPS) is 22.0. The molecule has 0 spiro atoms. The van der Waals surface area contributed by atoms with Crippen molar-refractivity contribution in [1.82, 2.24) is 20.1 Å². The highest BCUT2D eigenvalue weighted by atomic mass is 19.1. The van der Waals surface area contributed by atoms with Crippen molar-refractivity contribution in [3.05, 3.63) is 70.9 Å². The molecule has 2 atom stereocenters. The lowest BCUT2D eigenvalue weighted by atomic mass is 10.0. The van der Waals surface area contributed by atoms with Crippen molar-refractivity contribution in [2.24, 2.45) is 0 Å². The predicted molar refractivity (Wildman–Crippen MR) is 128 cm³/mol. The molecule has 37 heavy (non-hydrogen) atoms. The standard InChI is InChI=1S/C27H24F2N4O4/c28-17-10-21-22(30-11-17)4-1-15(25(21)29)12-32-8-7-19(14-32)37-18-2-3-20-16(9-18)13-33(27(20)36)23-5-6-24(34)31-26(23)35/h1-4,9-11,19,23H,5-8,12-14H2,(H,31,34,35)/t19-,23?/m0/s1. The fourth-order valence-corrected chi connectivity index (χ4v) is 5.40. The summed E-state index contributed by atoms with van der Waals surface area (Å²) in [5, 5.41) is 2.47. The Bertz CT molecular complexity index is 1450. The van der Waals surface area contributed by atoms with Crippen LogP contribution in [0.15, 0.2) is 42.6 Å². The Morgan fingerprint density at radius 2 is 1.95 bits per heavy atom. The second-order valence-corrected chi connectivity index (χ2v) is 9.74. The van der Waals surface area contributed by atoms with E-state index in [0.29, 0.717) is 41.9 Å². The number of likely N-dealkylation sites (tertiary alicyclic amines) is 1. The second kappa shape index (κ2) is 9.19. The van der Waals surface area contributed by atoms with Gasteiger partial charge in [-0.05, 0) is 48.7 Å². The Kier molecular flexibility index (Phi) is 5.83. The third kappa shape index (κ3) is 4.42. The van der Waals surface area contributed by atoms with E-state index in [0.717, 1.165) is 30.8 Å². The highest BCUT2D eigenvalue weighted by Gasteiger charge is 2.39. The van der Waals surface area contributed by atoms with Crippen LogP contribution in [0.25, 0.3) is 10.9 Å². The molecule has 190 valence electrons. The van der Waals surface area contributed by atoms with E-state index in [9.17, 15) is 23.2 Å². The van der Waals surface area contributed by atoms with Gasteiger partial charge in [0.1, 0.15) is 29.5 Å². The van der Waals surface area contributed by atoms with Gasteiger partial charge in [0, 0.05) is 49.1 Å². The van der Waals surface area contributed by atoms with Crippen LogP contribution in [-0.4, -0.2) is 57.7 Å². The van der Waals surface area contributed by atoms with Crippen LogP contribution >= 0.6 is 0 Å². The molecule has 0 radical (unpaired) electrons. The van der Waals surface area contributed by atoms with Gasteiger partial charge in [-0.1, -0.05) is 6.07 Å². The first-order valence-electron chi connectivity index (χ1n) is 12.2. The minimum atomic E-state index is -0.659. The first kappa shape index (κ1) is 23.5. The van der Waals surface area contributed by atoms with Crippen molar-refractivity contribution < 1.29 is 27.9 Å². The Labute approximate surface area is 211 Å². The van der Waals surface area contributed by atoms with Crippen molar-refractivity contribution in [3.63, 3.8) is 0 Å². The third-order valence-electron chi connectivity index (χ3n) is 7.27. The number of nitrogens with one attached hydrogen (secondary N) is 1. The van der Waals surface area contributed by atoms with Gasteiger partial charge in [-0.3, -0.25) is 29.6 Å². The van der Waals surface area contributed by atoms with Gasteiger partial charge in [0.15, 0.2) is 0 Å². The number of pyridine rings is 1. The summed E-state index contributed by atoms with van der Waals surface area (Å²) >= 11 is 0. The molecule has 0 aliphatic carbocycles. The number of carbonyl (C=O) groups excluding carboxylic acids is 3. The number of ether oxygens (including phenoxy) is 1. The van der Waals surface area contributed by atoms with Crippen LogP contribution in [0.3, 0.4) is 0 Å². The number of hydrogen-bond acceptors (Lipinski definition) is 6. The average molecular weight is 507 g/mol. The molecule has 3 amide bonds. The van der Waals surface area contributed by atoms with Crippen molar-refractivity contribution >= 4 is 28.6 Å². The molecule has 2 aromatic carbocycles. The number of fused-ring (bicyclic) bond motifs is 2. The number of nitrogens with zero attached hydrogens (tertiary/aromatic N) is 3. The van der Waals surface area contributed by atoms with Gasteiger partial charge in [-0.2, -0.15) is 0 Å². The number of benzene rings is 2. The monoisotopic (exact) mass is 506 g/mol. The third-order valence-corrected chi connectivity index (χ3v) is 7.27. The van der Waals surface area contributed by atoms with Gasteiger partial charge >= 0.3 is 0 Å². The Morgan fingerprint density at radius 1 is 1.08 bits per heavy atom. The van der Waals surface area contributed by atoms with Gasteiger partial charge in [-0.15, -0.1) is 0 Å². The van der Waals surface area contributed by atoms with Gasteiger partial charge in [0.25, 0.3) is 5.91 Å². The minimum Gasteiger partial charge on any atom is -0.489 e. The SMILES string of the molecule is O=C1CCC(N2Cc3cc(O[C@H]4CCN(Cc5ccc6ncc(F)cc6c5F)C4)ccc3C2=O)C(=O)N1. The lowest BCUT2D eigenvalue weighted by Gasteiger charge is -2.29. The van der Waals surface area contributed by atoms with Crippen LogP contribution in [0.4, 0.5) is 8.78 Å². The summed E-state index contributed by atoms with van der Waals surface area (Å²) in [4.78, 5) is 44.1. The lowest BCUT2D eigenvalue weighted by molar-refractivity contribution is -0.136. The Hall–Kier alpha value is -3.92. The fourth-order valence-electron chi connectivity index (χ4n) is 5.40. The van der Waals surface area contributed by atoms with Crippen LogP contribution in [0.1, 0.15) is 40.7 Å². The van der Waals surface area contributed by atoms with Crippen molar-refractivity contribution in [2.75, 3.05) is 13.1 Å². The van der Waals surface area contributed by atoms with Crippen molar-refractivity contribution in [3.8, 4) is 5.75 Å². The number of hydrogen-bond donors (Lipinski definition) is 1. The largest absolute Gasteiger partial charge is 0.489 e. The molecule has 0 saturated carbocycles. The van der Waals surface area contributed by atoms with E-state index in [2.05, 4.69) is 15.2 Å². The molecule has 6 rings (SSSR count). The number of carbonyl (C=O) groups is 3. The quantitative estimate of drug-likeness (QED) is 0.535. The number of rotatable bonds is 5. The predicted octanol–water partition coefficient (Wildman–Crippen LogP) is 2.93. The molecule has 3 aliphatic heterocycles. The Morgan fingerprint density at radius 3 is 2.78 bits per heavy atom. The van der Waals surface area contributed by atoms with Crippen LogP contribution in [0.2, 0.25) is 0 Å². The van der Waals surface area contributed by atoms with Gasteiger partial charge in [-0.25, -0.2) is 8.78 Å². The second-order valence-electron chi connectivity index (χ2n) is 9.74. The number of amides is 3. The maximum absolute atomic E-state index is 15.0. The zero-order valence-corrected chi connectivity index (χ0v) is 19.9. The molecular weight excluding hydrogens is 482 g/mol. The van der Waals surface area contributed by atoms with E-state index in [1.54, 1.807) is 24.3 Å². The number of piperidine rings is 1. The van der Waals surface area contributed by atoms with E-state index < -0.39 is 23.6 Å².